The molecule has 5 nitrogen and oxygen atoms in total. The van der Waals surface area contributed by atoms with E-state index in [9.17, 15) is 9.90 Å². The SMILES string of the molecule is O=C(COc1ccccc1)NCCc1ccccc1-c1ccc2cccnc2c1O. The molecule has 1 amide bonds. The van der Waals surface area contributed by atoms with Crippen LogP contribution in [0, 0.1) is 0 Å². The third-order valence-corrected chi connectivity index (χ3v) is 4.89. The van der Waals surface area contributed by atoms with Crippen molar-refractivity contribution in [2.45, 2.75) is 6.42 Å². The molecule has 4 aromatic rings. The Labute approximate surface area is 175 Å². The van der Waals surface area contributed by atoms with Gasteiger partial charge >= 0.3 is 0 Å². The lowest BCUT2D eigenvalue weighted by molar-refractivity contribution is -0.123. The average molecular weight is 398 g/mol. The monoisotopic (exact) mass is 398 g/mol. The van der Waals surface area contributed by atoms with Crippen molar-refractivity contribution in [1.82, 2.24) is 10.3 Å². The van der Waals surface area contributed by atoms with Gasteiger partial charge in [0.2, 0.25) is 0 Å². The number of carbonyl (C=O) groups is 1. The molecule has 5 heteroatoms. The fraction of sp³-hybridized carbons (Fsp3) is 0.120. The number of fused-ring (bicyclic) bond motifs is 1. The normalized spacial score (nSPS) is 10.7. The summed E-state index contributed by atoms with van der Waals surface area (Å²) in [5.41, 5.74) is 3.27. The summed E-state index contributed by atoms with van der Waals surface area (Å²) in [5.74, 6) is 0.660. The first-order chi connectivity index (χ1) is 14.7. The first kappa shape index (κ1) is 19.5. The van der Waals surface area contributed by atoms with Crippen molar-refractivity contribution in [3.8, 4) is 22.6 Å². The number of hydrogen-bond donors (Lipinski definition) is 2. The molecule has 0 saturated heterocycles. The van der Waals surface area contributed by atoms with Gasteiger partial charge in [-0.15, -0.1) is 0 Å². The number of pyridine rings is 1. The highest BCUT2D eigenvalue weighted by molar-refractivity contribution is 5.92. The molecule has 1 aromatic heterocycles. The maximum absolute atomic E-state index is 12.1. The van der Waals surface area contributed by atoms with Gasteiger partial charge in [0.15, 0.2) is 6.61 Å². The van der Waals surface area contributed by atoms with Gasteiger partial charge in [-0.05, 0) is 41.8 Å². The van der Waals surface area contributed by atoms with Gasteiger partial charge in [0, 0.05) is 23.7 Å². The number of para-hydroxylation sites is 1. The van der Waals surface area contributed by atoms with Crippen LogP contribution in [0.25, 0.3) is 22.0 Å². The highest BCUT2D eigenvalue weighted by Gasteiger charge is 2.13. The molecule has 0 aliphatic heterocycles. The van der Waals surface area contributed by atoms with Crippen molar-refractivity contribution in [1.29, 1.82) is 0 Å². The van der Waals surface area contributed by atoms with E-state index in [-0.39, 0.29) is 18.3 Å². The molecule has 0 aliphatic carbocycles. The summed E-state index contributed by atoms with van der Waals surface area (Å²) in [6.45, 7) is 0.448. The number of carbonyl (C=O) groups excluding carboxylic acids is 1. The number of nitrogens with one attached hydrogen (secondary N) is 1. The maximum atomic E-state index is 12.1. The van der Waals surface area contributed by atoms with Crippen LogP contribution in [-0.4, -0.2) is 29.1 Å². The highest BCUT2D eigenvalue weighted by Crippen LogP contribution is 2.36. The zero-order valence-corrected chi connectivity index (χ0v) is 16.4. The van der Waals surface area contributed by atoms with Gasteiger partial charge < -0.3 is 15.2 Å². The molecule has 0 spiro atoms. The molecule has 0 radical (unpaired) electrons. The number of phenols is 1. The molecule has 0 saturated carbocycles. The fourth-order valence-electron chi connectivity index (χ4n) is 3.40. The van der Waals surface area contributed by atoms with Crippen molar-refractivity contribution < 1.29 is 14.6 Å². The third-order valence-electron chi connectivity index (χ3n) is 4.89. The zero-order valence-electron chi connectivity index (χ0n) is 16.4. The molecule has 0 aliphatic rings. The van der Waals surface area contributed by atoms with Crippen LogP contribution in [0.4, 0.5) is 0 Å². The fourth-order valence-corrected chi connectivity index (χ4v) is 3.40. The van der Waals surface area contributed by atoms with E-state index in [4.69, 9.17) is 4.74 Å². The molecule has 1 heterocycles. The Morgan fingerprint density at radius 3 is 2.57 bits per heavy atom. The van der Waals surface area contributed by atoms with Crippen molar-refractivity contribution in [3.05, 3.63) is 90.6 Å². The number of aromatic nitrogens is 1. The predicted molar refractivity (Wildman–Crippen MR) is 117 cm³/mol. The molecule has 0 bridgehead atoms. The standard InChI is InChI=1S/C25H22N2O3/c28-23(17-30-20-9-2-1-3-10-20)26-16-14-18-7-4-5-11-21(18)22-13-12-19-8-6-15-27-24(19)25(22)29/h1-13,15,29H,14,16-17H2,(H,26,28). The van der Waals surface area contributed by atoms with Gasteiger partial charge in [0.05, 0.1) is 0 Å². The number of ether oxygens (including phenoxy) is 1. The first-order valence-electron chi connectivity index (χ1n) is 9.82. The minimum absolute atomic E-state index is 0.0250. The van der Waals surface area contributed by atoms with E-state index in [1.807, 2.05) is 78.9 Å². The lowest BCUT2D eigenvalue weighted by Gasteiger charge is -2.13. The van der Waals surface area contributed by atoms with Gasteiger partial charge in [-0.2, -0.15) is 0 Å². The topological polar surface area (TPSA) is 71.5 Å². The second kappa shape index (κ2) is 9.09. The third kappa shape index (κ3) is 4.41. The Morgan fingerprint density at radius 2 is 1.70 bits per heavy atom. The number of hydrogen-bond acceptors (Lipinski definition) is 4. The molecule has 3 aromatic carbocycles. The van der Waals surface area contributed by atoms with Crippen LogP contribution < -0.4 is 10.1 Å². The van der Waals surface area contributed by atoms with E-state index < -0.39 is 0 Å². The van der Waals surface area contributed by atoms with Crippen molar-refractivity contribution >= 4 is 16.8 Å². The summed E-state index contributed by atoms with van der Waals surface area (Å²) in [6, 6.07) is 24.7. The Kier molecular flexibility index (Phi) is 5.90. The van der Waals surface area contributed by atoms with E-state index in [1.54, 1.807) is 6.20 Å². The molecule has 4 rings (SSSR count). The van der Waals surface area contributed by atoms with E-state index in [0.717, 1.165) is 22.1 Å². The van der Waals surface area contributed by atoms with E-state index >= 15 is 0 Å². The van der Waals surface area contributed by atoms with Gasteiger partial charge in [-0.3, -0.25) is 9.78 Å². The highest BCUT2D eigenvalue weighted by atomic mass is 16.5. The minimum Gasteiger partial charge on any atom is -0.505 e. The molecule has 0 unspecified atom stereocenters. The quantitative estimate of drug-likeness (QED) is 0.486. The average Bonchev–Trinajstić information content (AvgIpc) is 2.79. The van der Waals surface area contributed by atoms with Gasteiger partial charge in [0.1, 0.15) is 17.0 Å². The number of phenolic OH excluding ortho intramolecular Hbond substituents is 1. The zero-order chi connectivity index (χ0) is 20.8. The Morgan fingerprint density at radius 1 is 0.900 bits per heavy atom. The lowest BCUT2D eigenvalue weighted by Crippen LogP contribution is -2.30. The van der Waals surface area contributed by atoms with Crippen LogP contribution in [0.5, 0.6) is 11.5 Å². The summed E-state index contributed by atoms with van der Waals surface area (Å²) in [4.78, 5) is 16.4. The molecule has 30 heavy (non-hydrogen) atoms. The summed E-state index contributed by atoms with van der Waals surface area (Å²) in [6.07, 6.45) is 2.30. The molecular weight excluding hydrogens is 376 g/mol. The van der Waals surface area contributed by atoms with Crippen molar-refractivity contribution in [3.63, 3.8) is 0 Å². The molecular formula is C25H22N2O3. The second-order valence-electron chi connectivity index (χ2n) is 6.90. The maximum Gasteiger partial charge on any atom is 0.257 e. The van der Waals surface area contributed by atoms with Crippen LogP contribution in [0.1, 0.15) is 5.56 Å². The molecule has 150 valence electrons. The van der Waals surface area contributed by atoms with Gasteiger partial charge in [-0.25, -0.2) is 0 Å². The van der Waals surface area contributed by atoms with Crippen LogP contribution in [0.3, 0.4) is 0 Å². The predicted octanol–water partition coefficient (Wildman–Crippen LogP) is 4.35. The van der Waals surface area contributed by atoms with E-state index in [1.165, 1.54) is 0 Å². The smallest absolute Gasteiger partial charge is 0.257 e. The van der Waals surface area contributed by atoms with Crippen LogP contribution in [0.15, 0.2) is 85.1 Å². The second-order valence-corrected chi connectivity index (χ2v) is 6.90. The number of benzene rings is 3. The number of nitrogens with zero attached hydrogens (tertiary/aromatic N) is 1. The van der Waals surface area contributed by atoms with E-state index in [2.05, 4.69) is 10.3 Å². The lowest BCUT2D eigenvalue weighted by atomic mass is 9.96. The van der Waals surface area contributed by atoms with Crippen LogP contribution in [0.2, 0.25) is 0 Å². The number of amides is 1. The van der Waals surface area contributed by atoms with Crippen molar-refractivity contribution in [2.75, 3.05) is 13.2 Å². The first-order valence-corrected chi connectivity index (χ1v) is 9.82. The van der Waals surface area contributed by atoms with Gasteiger partial charge in [0.25, 0.3) is 5.91 Å². The Balaban J connectivity index is 1.43. The molecule has 2 N–H and O–H groups in total. The summed E-state index contributed by atoms with van der Waals surface area (Å²) >= 11 is 0. The Hall–Kier alpha value is -3.86. The Bertz CT molecular complexity index is 1160. The largest absolute Gasteiger partial charge is 0.505 e. The van der Waals surface area contributed by atoms with E-state index in [0.29, 0.717) is 24.2 Å². The molecule has 0 fully saturated rings. The summed E-state index contributed by atoms with van der Waals surface area (Å²) in [5, 5.41) is 14.5. The minimum atomic E-state index is -0.172. The number of aromatic hydroxyl groups is 1. The van der Waals surface area contributed by atoms with Crippen LogP contribution >= 0.6 is 0 Å². The molecule has 0 atom stereocenters. The van der Waals surface area contributed by atoms with Gasteiger partial charge in [-0.1, -0.05) is 54.6 Å². The summed E-state index contributed by atoms with van der Waals surface area (Å²) < 4.78 is 5.47. The summed E-state index contributed by atoms with van der Waals surface area (Å²) in [7, 11) is 0. The van der Waals surface area contributed by atoms with Crippen molar-refractivity contribution in [2.24, 2.45) is 0 Å². The van der Waals surface area contributed by atoms with Crippen LogP contribution in [-0.2, 0) is 11.2 Å². The number of rotatable bonds is 7.